The monoisotopic (exact) mass is 246 g/mol. The van der Waals surface area contributed by atoms with E-state index in [9.17, 15) is 21.6 Å². The normalized spacial score (nSPS) is 21.9. The summed E-state index contributed by atoms with van der Waals surface area (Å²) in [4.78, 5) is 0. The lowest BCUT2D eigenvalue weighted by molar-refractivity contribution is -0.892. The van der Waals surface area contributed by atoms with E-state index in [4.69, 9.17) is 0 Å². The first-order valence-corrected chi connectivity index (χ1v) is 5.94. The molecule has 90 valence electrons. The third-order valence-corrected chi connectivity index (χ3v) is 3.55. The summed E-state index contributed by atoms with van der Waals surface area (Å²) in [5.41, 5.74) is -5.27. The lowest BCUT2D eigenvalue weighted by atomic mass is 10.4. The molecule has 0 amide bonds. The zero-order chi connectivity index (χ0) is 11.7. The average Bonchev–Trinajstić information content (AvgIpc) is 2.48. The van der Waals surface area contributed by atoms with Crippen LogP contribution in [0.1, 0.15) is 12.8 Å². The molecule has 0 radical (unpaired) electrons. The van der Waals surface area contributed by atoms with E-state index in [1.807, 2.05) is 0 Å². The Morgan fingerprint density at radius 1 is 1.27 bits per heavy atom. The second-order valence-corrected chi connectivity index (χ2v) is 5.64. The Morgan fingerprint density at radius 2 is 1.73 bits per heavy atom. The van der Waals surface area contributed by atoms with E-state index in [1.54, 1.807) is 7.05 Å². The van der Waals surface area contributed by atoms with Crippen LogP contribution in [0.4, 0.5) is 13.2 Å². The van der Waals surface area contributed by atoms with Gasteiger partial charge in [-0.25, -0.2) is 8.42 Å². The van der Waals surface area contributed by atoms with Crippen molar-refractivity contribution in [1.82, 2.24) is 0 Å². The van der Waals surface area contributed by atoms with E-state index in [1.165, 1.54) is 0 Å². The number of sulfonamides is 1. The second-order valence-electron chi connectivity index (χ2n) is 3.97. The molecule has 0 saturated carbocycles. The zero-order valence-corrected chi connectivity index (χ0v) is 9.11. The number of hydrogen-bond donors (Lipinski definition) is 0. The summed E-state index contributed by atoms with van der Waals surface area (Å²) in [6, 6.07) is 0. The molecule has 15 heavy (non-hydrogen) atoms. The van der Waals surface area contributed by atoms with Gasteiger partial charge in [0.2, 0.25) is 0 Å². The molecular formula is C7H13F3N2O2S. The summed E-state index contributed by atoms with van der Waals surface area (Å²) < 4.78 is 60.2. The van der Waals surface area contributed by atoms with Crippen molar-refractivity contribution in [1.29, 1.82) is 0 Å². The molecule has 8 heteroatoms. The summed E-state index contributed by atoms with van der Waals surface area (Å²) in [7, 11) is -3.60. The fourth-order valence-corrected chi connectivity index (χ4v) is 2.11. The fraction of sp³-hybridized carbons (Fsp3) is 1.00. The van der Waals surface area contributed by atoms with Gasteiger partial charge in [-0.1, -0.05) is 0 Å². The van der Waals surface area contributed by atoms with Crippen LogP contribution in [0.25, 0.3) is 4.72 Å². The van der Waals surface area contributed by atoms with Crippen LogP contribution in [0.2, 0.25) is 0 Å². The Labute approximate surface area is 86.7 Å². The van der Waals surface area contributed by atoms with Crippen LogP contribution in [0, 0.1) is 0 Å². The molecule has 1 rings (SSSR count). The Kier molecular flexibility index (Phi) is 3.32. The summed E-state index contributed by atoms with van der Waals surface area (Å²) in [5.74, 6) is 0. The third-order valence-electron chi connectivity index (χ3n) is 2.51. The molecule has 0 spiro atoms. The van der Waals surface area contributed by atoms with Crippen molar-refractivity contribution in [3.63, 3.8) is 0 Å². The maximum Gasteiger partial charge on any atom is 0.480 e. The number of hydrogen-bond acceptors (Lipinski definition) is 2. The van der Waals surface area contributed by atoms with Crippen molar-refractivity contribution in [2.75, 3.05) is 26.8 Å². The Hall–Kier alpha value is -0.340. The van der Waals surface area contributed by atoms with Gasteiger partial charge in [-0.2, -0.15) is 13.2 Å². The van der Waals surface area contributed by atoms with Gasteiger partial charge in [0, 0.05) is 19.5 Å². The largest absolute Gasteiger partial charge is 0.492 e. The van der Waals surface area contributed by atoms with Gasteiger partial charge in [-0.15, -0.1) is 0 Å². The van der Waals surface area contributed by atoms with Gasteiger partial charge < -0.3 is 9.21 Å². The molecule has 0 unspecified atom stereocenters. The molecule has 1 aliphatic heterocycles. The van der Waals surface area contributed by atoms with Gasteiger partial charge in [0.25, 0.3) is 0 Å². The number of quaternary nitrogens is 1. The van der Waals surface area contributed by atoms with Gasteiger partial charge in [0.05, 0.1) is 20.1 Å². The summed E-state index contributed by atoms with van der Waals surface area (Å²) in [5, 5.41) is 0. The first kappa shape index (κ1) is 12.7. The predicted octanol–water partition coefficient (Wildman–Crippen LogP) is 1.41. The lowest BCUT2D eigenvalue weighted by Gasteiger charge is -2.36. The average molecular weight is 246 g/mol. The van der Waals surface area contributed by atoms with Crippen LogP contribution in [0.5, 0.6) is 0 Å². The van der Waals surface area contributed by atoms with Crippen molar-refractivity contribution >= 4 is 10.0 Å². The number of nitrogens with zero attached hydrogens (tertiary/aromatic N) is 2. The first-order chi connectivity index (χ1) is 6.66. The van der Waals surface area contributed by atoms with Gasteiger partial charge >= 0.3 is 5.51 Å². The van der Waals surface area contributed by atoms with Gasteiger partial charge in [-0.05, 0) is 0 Å². The van der Waals surface area contributed by atoms with Gasteiger partial charge in [-0.3, -0.25) is 0 Å². The molecule has 1 aliphatic rings. The van der Waals surface area contributed by atoms with E-state index < -0.39 is 15.5 Å². The molecule has 0 aromatic rings. The molecule has 1 saturated heterocycles. The van der Waals surface area contributed by atoms with E-state index in [2.05, 4.69) is 4.72 Å². The van der Waals surface area contributed by atoms with E-state index in [0.29, 0.717) is 13.1 Å². The Balaban J connectivity index is 2.57. The molecule has 4 nitrogen and oxygen atoms in total. The third kappa shape index (κ3) is 3.05. The van der Waals surface area contributed by atoms with Crippen molar-refractivity contribution in [3.8, 4) is 0 Å². The van der Waals surface area contributed by atoms with E-state index >= 15 is 0 Å². The minimum absolute atomic E-state index is 0.273. The molecule has 0 atom stereocenters. The Morgan fingerprint density at radius 3 is 2.13 bits per heavy atom. The Bertz CT molecular complexity index is 320. The minimum Gasteiger partial charge on any atom is -0.492 e. The van der Waals surface area contributed by atoms with Crippen molar-refractivity contribution in [3.05, 3.63) is 4.72 Å². The van der Waals surface area contributed by atoms with E-state index in [-0.39, 0.29) is 11.2 Å². The van der Waals surface area contributed by atoms with Crippen molar-refractivity contribution in [2.24, 2.45) is 0 Å². The van der Waals surface area contributed by atoms with Crippen LogP contribution < -0.4 is 0 Å². The maximum absolute atomic E-state index is 11.9. The molecule has 1 heterocycles. The second kappa shape index (κ2) is 3.91. The maximum atomic E-state index is 11.9. The van der Waals surface area contributed by atoms with Crippen LogP contribution in [0.3, 0.4) is 0 Å². The quantitative estimate of drug-likeness (QED) is 0.707. The predicted molar refractivity (Wildman–Crippen MR) is 48.4 cm³/mol. The SMILES string of the molecule is C[N+]1(C[N-]S(=O)(=O)C(F)(F)F)CCCC1. The molecule has 1 fully saturated rings. The molecular weight excluding hydrogens is 233 g/mol. The topological polar surface area (TPSA) is 48.2 Å². The fourth-order valence-electron chi connectivity index (χ4n) is 1.53. The smallest absolute Gasteiger partial charge is 0.480 e. The highest BCUT2D eigenvalue weighted by Crippen LogP contribution is 2.29. The highest BCUT2D eigenvalue weighted by atomic mass is 32.2. The van der Waals surface area contributed by atoms with Crippen LogP contribution in [-0.4, -0.2) is 45.2 Å². The number of likely N-dealkylation sites (tertiary alicyclic amines) is 1. The lowest BCUT2D eigenvalue weighted by Crippen LogP contribution is -2.42. The zero-order valence-electron chi connectivity index (χ0n) is 8.29. The van der Waals surface area contributed by atoms with Gasteiger partial charge in [0.15, 0.2) is 10.0 Å². The molecule has 0 aromatic heterocycles. The molecule has 0 aromatic carbocycles. The standard InChI is InChI=1S/C7H13F3N2O2S/c1-12(4-2-3-5-12)6-11-15(13,14)7(8,9)10/h2-6H2,1H3. The molecule has 0 bridgehead atoms. The van der Waals surface area contributed by atoms with Crippen LogP contribution in [0.15, 0.2) is 0 Å². The molecule has 0 N–H and O–H groups in total. The van der Waals surface area contributed by atoms with Gasteiger partial charge in [0.1, 0.15) is 0 Å². The van der Waals surface area contributed by atoms with Crippen LogP contribution >= 0.6 is 0 Å². The summed E-state index contributed by atoms with van der Waals surface area (Å²) in [6.45, 7) is 1.04. The minimum atomic E-state index is -5.31. The highest BCUT2D eigenvalue weighted by molar-refractivity contribution is 7.94. The highest BCUT2D eigenvalue weighted by Gasteiger charge is 2.39. The van der Waals surface area contributed by atoms with Crippen LogP contribution in [-0.2, 0) is 10.0 Å². The number of alkyl halides is 3. The first-order valence-electron chi connectivity index (χ1n) is 4.50. The van der Waals surface area contributed by atoms with Crippen molar-refractivity contribution < 1.29 is 26.1 Å². The van der Waals surface area contributed by atoms with Crippen molar-refractivity contribution in [2.45, 2.75) is 18.3 Å². The summed E-state index contributed by atoms with van der Waals surface area (Å²) >= 11 is 0. The van der Waals surface area contributed by atoms with E-state index in [0.717, 1.165) is 12.8 Å². The number of halogens is 3. The number of rotatable bonds is 3. The summed E-state index contributed by atoms with van der Waals surface area (Å²) in [6.07, 6.45) is 1.80. The molecule has 0 aliphatic carbocycles.